The van der Waals surface area contributed by atoms with E-state index in [0.29, 0.717) is 31.1 Å². The van der Waals surface area contributed by atoms with E-state index in [1.165, 1.54) is 10.4 Å². The minimum absolute atomic E-state index is 0.123. The Kier molecular flexibility index (Phi) is 5.72. The molecule has 0 saturated carbocycles. The van der Waals surface area contributed by atoms with Crippen LogP contribution in [0.4, 0.5) is 0 Å². The van der Waals surface area contributed by atoms with Crippen molar-refractivity contribution in [3.63, 3.8) is 0 Å². The molecular formula is C20H23N3O3S. The molecule has 0 radical (unpaired) electrons. The number of aromatic nitrogens is 1. The highest BCUT2D eigenvalue weighted by atomic mass is 32.2. The normalized spacial score (nSPS) is 16.0. The molecule has 7 heteroatoms. The molecular weight excluding hydrogens is 362 g/mol. The summed E-state index contributed by atoms with van der Waals surface area (Å²) in [5.41, 5.74) is 2.49. The van der Waals surface area contributed by atoms with Crippen molar-refractivity contribution >= 4 is 22.0 Å². The van der Waals surface area contributed by atoms with Gasteiger partial charge in [-0.2, -0.15) is 4.31 Å². The highest BCUT2D eigenvalue weighted by Gasteiger charge is 2.30. The van der Waals surface area contributed by atoms with Crippen LogP contribution in [0.25, 0.3) is 6.08 Å². The zero-order valence-corrected chi connectivity index (χ0v) is 16.3. The summed E-state index contributed by atoms with van der Waals surface area (Å²) in [5, 5.41) is 0. The molecule has 2 heterocycles. The Bertz CT molecular complexity index is 948. The molecule has 0 spiro atoms. The Balaban J connectivity index is 1.65. The molecule has 142 valence electrons. The van der Waals surface area contributed by atoms with E-state index in [-0.39, 0.29) is 5.91 Å². The summed E-state index contributed by atoms with van der Waals surface area (Å²) in [6.07, 6.45) is 6.58. The topological polar surface area (TPSA) is 70.6 Å². The van der Waals surface area contributed by atoms with Gasteiger partial charge < -0.3 is 4.90 Å². The molecule has 6 nitrogen and oxygen atoms in total. The molecule has 1 aromatic heterocycles. The zero-order valence-electron chi connectivity index (χ0n) is 15.5. The van der Waals surface area contributed by atoms with Gasteiger partial charge in [-0.25, -0.2) is 8.42 Å². The van der Waals surface area contributed by atoms with Crippen molar-refractivity contribution in [3.8, 4) is 0 Å². The first-order valence-electron chi connectivity index (χ1n) is 8.82. The van der Waals surface area contributed by atoms with Gasteiger partial charge in [-0.3, -0.25) is 9.78 Å². The lowest BCUT2D eigenvalue weighted by Crippen LogP contribution is -2.50. The van der Waals surface area contributed by atoms with Crippen LogP contribution in [0.15, 0.2) is 53.7 Å². The SMILES string of the molecule is Cc1ccc(C)c(S(=O)(=O)N2CCN(C(=O)/C=C/c3cccnc3)CC2)c1. The lowest BCUT2D eigenvalue weighted by Gasteiger charge is -2.33. The van der Waals surface area contributed by atoms with Gasteiger partial charge in [0.05, 0.1) is 4.90 Å². The van der Waals surface area contributed by atoms with Gasteiger partial charge in [-0.1, -0.05) is 18.2 Å². The fourth-order valence-corrected chi connectivity index (χ4v) is 4.75. The third-order valence-corrected chi connectivity index (χ3v) is 6.66. The maximum absolute atomic E-state index is 12.9. The molecule has 1 aliphatic heterocycles. The predicted molar refractivity (Wildman–Crippen MR) is 105 cm³/mol. The fourth-order valence-electron chi connectivity index (χ4n) is 3.02. The molecule has 1 fully saturated rings. The average molecular weight is 385 g/mol. The minimum Gasteiger partial charge on any atom is -0.337 e. The fraction of sp³-hybridized carbons (Fsp3) is 0.300. The predicted octanol–water partition coefficient (Wildman–Crippen LogP) is 2.24. The molecule has 0 N–H and O–H groups in total. The standard InChI is InChI=1S/C20H23N3O3S/c1-16-5-6-17(2)19(14-16)27(25,26)23-12-10-22(11-13-23)20(24)8-7-18-4-3-9-21-15-18/h3-9,14-15H,10-13H2,1-2H3/b8-7+. The number of hydrogen-bond acceptors (Lipinski definition) is 4. The summed E-state index contributed by atoms with van der Waals surface area (Å²) in [6, 6.07) is 9.11. The van der Waals surface area contributed by atoms with Crippen molar-refractivity contribution in [1.82, 2.24) is 14.2 Å². The summed E-state index contributed by atoms with van der Waals surface area (Å²) in [5.74, 6) is -0.123. The first-order valence-corrected chi connectivity index (χ1v) is 10.3. The van der Waals surface area contributed by atoms with Crippen molar-refractivity contribution < 1.29 is 13.2 Å². The molecule has 0 bridgehead atoms. The van der Waals surface area contributed by atoms with E-state index in [0.717, 1.165) is 16.7 Å². The quantitative estimate of drug-likeness (QED) is 0.757. The Labute approximate surface area is 160 Å². The maximum atomic E-state index is 12.9. The lowest BCUT2D eigenvalue weighted by atomic mass is 10.2. The third kappa shape index (κ3) is 4.43. The van der Waals surface area contributed by atoms with E-state index in [4.69, 9.17) is 0 Å². The first kappa shape index (κ1) is 19.3. The second-order valence-electron chi connectivity index (χ2n) is 6.62. The van der Waals surface area contributed by atoms with Gasteiger partial charge in [0.1, 0.15) is 0 Å². The minimum atomic E-state index is -3.55. The van der Waals surface area contributed by atoms with Gasteiger partial charge in [0.2, 0.25) is 15.9 Å². The van der Waals surface area contributed by atoms with Crippen LogP contribution in [0.2, 0.25) is 0 Å². The van der Waals surface area contributed by atoms with E-state index < -0.39 is 10.0 Å². The van der Waals surface area contributed by atoms with Crippen LogP contribution in [0.5, 0.6) is 0 Å². The van der Waals surface area contributed by atoms with Gasteiger partial charge in [0.25, 0.3) is 0 Å². The van der Waals surface area contributed by atoms with Gasteiger partial charge in [0.15, 0.2) is 0 Å². The summed E-state index contributed by atoms with van der Waals surface area (Å²) in [7, 11) is -3.55. The Morgan fingerprint density at radius 2 is 1.85 bits per heavy atom. The molecule has 1 amide bonds. The van der Waals surface area contributed by atoms with Crippen molar-refractivity contribution in [2.45, 2.75) is 18.7 Å². The molecule has 0 aliphatic carbocycles. The Morgan fingerprint density at radius 1 is 1.11 bits per heavy atom. The van der Waals surface area contributed by atoms with Gasteiger partial charge in [0, 0.05) is 44.6 Å². The van der Waals surface area contributed by atoms with Crippen LogP contribution in [0.3, 0.4) is 0 Å². The number of rotatable bonds is 4. The second kappa shape index (κ2) is 8.02. The second-order valence-corrected chi connectivity index (χ2v) is 8.52. The number of amides is 1. The van der Waals surface area contributed by atoms with Crippen molar-refractivity contribution in [3.05, 3.63) is 65.5 Å². The average Bonchev–Trinajstić information content (AvgIpc) is 2.68. The number of carbonyl (C=O) groups excluding carboxylic acids is 1. The molecule has 1 aromatic carbocycles. The van der Waals surface area contributed by atoms with E-state index >= 15 is 0 Å². The highest BCUT2D eigenvalue weighted by Crippen LogP contribution is 2.22. The summed E-state index contributed by atoms with van der Waals surface area (Å²) in [4.78, 5) is 18.4. The molecule has 2 aromatic rings. The molecule has 0 unspecified atom stereocenters. The number of benzene rings is 1. The third-order valence-electron chi connectivity index (χ3n) is 4.61. The van der Waals surface area contributed by atoms with Crippen LogP contribution >= 0.6 is 0 Å². The van der Waals surface area contributed by atoms with E-state index in [1.807, 2.05) is 25.1 Å². The van der Waals surface area contributed by atoms with Gasteiger partial charge in [-0.15, -0.1) is 0 Å². The van der Waals surface area contributed by atoms with Crippen LogP contribution in [-0.4, -0.2) is 54.7 Å². The molecule has 27 heavy (non-hydrogen) atoms. The summed E-state index contributed by atoms with van der Waals surface area (Å²) < 4.78 is 27.4. The number of piperazine rings is 1. The molecule has 3 rings (SSSR count). The summed E-state index contributed by atoms with van der Waals surface area (Å²) in [6.45, 7) is 5.02. The number of pyridine rings is 1. The number of hydrogen-bond donors (Lipinski definition) is 0. The van der Waals surface area contributed by atoms with Crippen molar-refractivity contribution in [1.29, 1.82) is 0 Å². The van der Waals surface area contributed by atoms with Crippen molar-refractivity contribution in [2.24, 2.45) is 0 Å². The van der Waals surface area contributed by atoms with Crippen LogP contribution < -0.4 is 0 Å². The van der Waals surface area contributed by atoms with E-state index in [9.17, 15) is 13.2 Å². The zero-order chi connectivity index (χ0) is 19.4. The maximum Gasteiger partial charge on any atom is 0.246 e. The first-order chi connectivity index (χ1) is 12.9. The smallest absolute Gasteiger partial charge is 0.246 e. The van der Waals surface area contributed by atoms with Gasteiger partial charge >= 0.3 is 0 Å². The lowest BCUT2D eigenvalue weighted by molar-refractivity contribution is -0.127. The van der Waals surface area contributed by atoms with Crippen molar-refractivity contribution in [2.75, 3.05) is 26.2 Å². The molecule has 1 saturated heterocycles. The number of nitrogens with zero attached hydrogens (tertiary/aromatic N) is 3. The van der Waals surface area contributed by atoms with E-state index in [2.05, 4.69) is 4.98 Å². The number of aryl methyl sites for hydroxylation is 2. The summed E-state index contributed by atoms with van der Waals surface area (Å²) >= 11 is 0. The Hall–Kier alpha value is -2.51. The number of sulfonamides is 1. The monoisotopic (exact) mass is 385 g/mol. The molecule has 1 aliphatic rings. The van der Waals surface area contributed by atoms with E-state index in [1.54, 1.807) is 42.4 Å². The number of carbonyl (C=O) groups is 1. The van der Waals surface area contributed by atoms with Crippen LogP contribution in [-0.2, 0) is 14.8 Å². The van der Waals surface area contributed by atoms with Gasteiger partial charge in [-0.05, 0) is 48.7 Å². The molecule has 0 atom stereocenters. The van der Waals surface area contributed by atoms with Crippen LogP contribution in [0.1, 0.15) is 16.7 Å². The largest absolute Gasteiger partial charge is 0.337 e. The Morgan fingerprint density at radius 3 is 2.52 bits per heavy atom. The van der Waals surface area contributed by atoms with Crippen LogP contribution in [0, 0.1) is 13.8 Å². The highest BCUT2D eigenvalue weighted by molar-refractivity contribution is 7.89.